The lowest BCUT2D eigenvalue weighted by molar-refractivity contribution is -0.140. The van der Waals surface area contributed by atoms with E-state index in [1.165, 1.54) is 17.8 Å². The monoisotopic (exact) mass is 611 g/mol. The van der Waals surface area contributed by atoms with Crippen LogP contribution in [-0.2, 0) is 16.7 Å². The fourth-order valence-electron chi connectivity index (χ4n) is 4.70. The summed E-state index contributed by atoms with van der Waals surface area (Å²) in [7, 11) is 1.54. The van der Waals surface area contributed by atoms with Gasteiger partial charge in [-0.2, -0.15) is 13.2 Å². The van der Waals surface area contributed by atoms with Crippen molar-refractivity contribution in [1.82, 2.24) is 29.5 Å². The lowest BCUT2D eigenvalue weighted by Gasteiger charge is -2.19. The maximum absolute atomic E-state index is 13.4. The first-order valence-electron chi connectivity index (χ1n) is 13.9. The van der Waals surface area contributed by atoms with E-state index in [9.17, 15) is 18.0 Å². The normalized spacial score (nSPS) is 14.2. The van der Waals surface area contributed by atoms with Gasteiger partial charge in [0.1, 0.15) is 23.5 Å². The summed E-state index contributed by atoms with van der Waals surface area (Å²) in [6, 6.07) is 6.79. The maximum Gasteiger partial charge on any atom is 0.434 e. The van der Waals surface area contributed by atoms with Crippen LogP contribution in [0.5, 0.6) is 5.88 Å². The highest BCUT2D eigenvalue weighted by molar-refractivity contribution is 8.12. The van der Waals surface area contributed by atoms with Gasteiger partial charge in [0.05, 0.1) is 12.8 Å². The third kappa shape index (κ3) is 6.82. The second kappa shape index (κ2) is 12.3. The van der Waals surface area contributed by atoms with Crippen molar-refractivity contribution in [2.75, 3.05) is 12.4 Å². The standard InChI is InChI=1S/C30H32F3N7O2S/c1-16(2)40-13-23(30(31,32)33)38-28(40)21-10-6-19(7-11-21)17(3)37-26-22(14-43-18(4)41)12-34-27(39-26)24-25(20-8-9-20)35-15-36-29(24)42-5/h6-7,10-13,15-17,20H,8-9,14H2,1-5H3,(H,34,37,39)/t17-/m0/s1. The Balaban J connectivity index is 1.46. The SMILES string of the molecule is COc1ncnc(C2CC2)c1-c1ncc(CSC(C)=O)c(N[C@@H](C)c2ccc(-c3nc(C(F)(F)F)cn3C(C)C)cc2)n1. The molecule has 0 radical (unpaired) electrons. The lowest BCUT2D eigenvalue weighted by Crippen LogP contribution is -2.12. The van der Waals surface area contributed by atoms with Crippen LogP contribution in [0.2, 0.25) is 0 Å². The molecule has 0 amide bonds. The number of rotatable bonds is 10. The number of nitrogens with one attached hydrogen (secondary N) is 1. The molecule has 0 aliphatic heterocycles. The number of halogens is 3. The Labute approximate surface area is 251 Å². The van der Waals surface area contributed by atoms with Gasteiger partial charge in [0.15, 0.2) is 16.6 Å². The van der Waals surface area contributed by atoms with Crippen molar-refractivity contribution in [3.63, 3.8) is 0 Å². The van der Waals surface area contributed by atoms with E-state index in [1.807, 2.05) is 32.9 Å². The summed E-state index contributed by atoms with van der Waals surface area (Å²) in [5, 5.41) is 3.42. The molecular weight excluding hydrogens is 579 g/mol. The molecule has 0 saturated heterocycles. The molecule has 1 fully saturated rings. The smallest absolute Gasteiger partial charge is 0.434 e. The van der Waals surface area contributed by atoms with Gasteiger partial charge in [-0.15, -0.1) is 0 Å². The van der Waals surface area contributed by atoms with E-state index < -0.39 is 11.9 Å². The summed E-state index contributed by atoms with van der Waals surface area (Å²) in [5.74, 6) is 2.29. The molecule has 43 heavy (non-hydrogen) atoms. The Bertz CT molecular complexity index is 1620. The molecule has 1 aromatic carbocycles. The Morgan fingerprint density at radius 1 is 1.12 bits per heavy atom. The number of carbonyl (C=O) groups excluding carboxylic acids is 1. The van der Waals surface area contributed by atoms with Crippen LogP contribution in [0.15, 0.2) is 43.0 Å². The summed E-state index contributed by atoms with van der Waals surface area (Å²) < 4.78 is 47.2. The van der Waals surface area contributed by atoms with E-state index in [0.717, 1.165) is 47.6 Å². The van der Waals surface area contributed by atoms with Gasteiger partial charge in [-0.05, 0) is 39.2 Å². The van der Waals surface area contributed by atoms with Gasteiger partial charge < -0.3 is 14.6 Å². The second-order valence-corrected chi connectivity index (χ2v) is 11.9. The van der Waals surface area contributed by atoms with E-state index in [4.69, 9.17) is 9.72 Å². The number of ether oxygens (including phenoxy) is 1. The number of thioether (sulfide) groups is 1. The van der Waals surface area contributed by atoms with Crippen LogP contribution < -0.4 is 10.1 Å². The number of methoxy groups -OCH3 is 1. The molecule has 1 saturated carbocycles. The van der Waals surface area contributed by atoms with E-state index in [1.54, 1.807) is 25.4 Å². The molecule has 1 N–H and O–H groups in total. The highest BCUT2D eigenvalue weighted by atomic mass is 32.2. The van der Waals surface area contributed by atoms with Crippen LogP contribution in [0.3, 0.4) is 0 Å². The second-order valence-electron chi connectivity index (χ2n) is 10.7. The predicted molar refractivity (Wildman–Crippen MR) is 159 cm³/mol. The average molecular weight is 612 g/mol. The number of anilines is 1. The molecule has 1 aliphatic carbocycles. The van der Waals surface area contributed by atoms with Crippen molar-refractivity contribution in [3.05, 3.63) is 65.5 Å². The van der Waals surface area contributed by atoms with Crippen LogP contribution in [0.4, 0.5) is 19.0 Å². The van der Waals surface area contributed by atoms with Crippen molar-refractivity contribution in [2.24, 2.45) is 0 Å². The lowest BCUT2D eigenvalue weighted by atomic mass is 10.1. The highest BCUT2D eigenvalue weighted by Crippen LogP contribution is 2.45. The topological polar surface area (TPSA) is 108 Å². The molecule has 13 heteroatoms. The number of aromatic nitrogens is 6. The van der Waals surface area contributed by atoms with E-state index in [0.29, 0.717) is 40.3 Å². The van der Waals surface area contributed by atoms with Gasteiger partial charge in [-0.3, -0.25) is 4.79 Å². The Morgan fingerprint density at radius 2 is 1.84 bits per heavy atom. The van der Waals surface area contributed by atoms with Gasteiger partial charge in [0.2, 0.25) is 5.88 Å². The van der Waals surface area contributed by atoms with Crippen molar-refractivity contribution in [2.45, 2.75) is 70.5 Å². The summed E-state index contributed by atoms with van der Waals surface area (Å²) in [6.07, 6.45) is 1.74. The number of hydrogen-bond acceptors (Lipinski definition) is 9. The Kier molecular flexibility index (Phi) is 8.72. The van der Waals surface area contributed by atoms with E-state index in [2.05, 4.69) is 25.3 Å². The van der Waals surface area contributed by atoms with Crippen molar-refractivity contribution >= 4 is 22.7 Å². The zero-order valence-electron chi connectivity index (χ0n) is 24.4. The minimum Gasteiger partial charge on any atom is -0.480 e. The molecule has 1 aliphatic rings. The number of alkyl halides is 3. The van der Waals surface area contributed by atoms with Crippen molar-refractivity contribution in [3.8, 4) is 28.7 Å². The number of nitrogens with zero attached hydrogens (tertiary/aromatic N) is 6. The predicted octanol–water partition coefficient (Wildman–Crippen LogP) is 7.24. The van der Waals surface area contributed by atoms with Gasteiger partial charge in [-0.1, -0.05) is 36.0 Å². The minimum absolute atomic E-state index is 0.0266. The van der Waals surface area contributed by atoms with Gasteiger partial charge >= 0.3 is 6.18 Å². The third-order valence-electron chi connectivity index (χ3n) is 7.12. The zero-order chi connectivity index (χ0) is 30.9. The third-order valence-corrected chi connectivity index (χ3v) is 7.98. The van der Waals surface area contributed by atoms with Crippen LogP contribution >= 0.6 is 11.8 Å². The molecule has 1 atom stereocenters. The number of carbonyl (C=O) groups is 1. The molecule has 0 bridgehead atoms. The number of hydrogen-bond donors (Lipinski definition) is 1. The van der Waals surface area contributed by atoms with Crippen LogP contribution in [0.1, 0.15) is 81.1 Å². The van der Waals surface area contributed by atoms with Crippen LogP contribution in [0, 0.1) is 0 Å². The minimum atomic E-state index is -4.53. The molecule has 4 aromatic rings. The zero-order valence-corrected chi connectivity index (χ0v) is 25.3. The Hall–Kier alpha value is -4.00. The van der Waals surface area contributed by atoms with Gasteiger partial charge in [0, 0.05) is 54.2 Å². The van der Waals surface area contributed by atoms with Crippen molar-refractivity contribution in [1.29, 1.82) is 0 Å². The molecule has 9 nitrogen and oxygen atoms in total. The molecule has 0 spiro atoms. The summed E-state index contributed by atoms with van der Waals surface area (Å²) in [4.78, 5) is 33.9. The molecule has 0 unspecified atom stereocenters. The first-order chi connectivity index (χ1) is 20.5. The van der Waals surface area contributed by atoms with Crippen LogP contribution in [-0.4, -0.2) is 41.7 Å². The summed E-state index contributed by atoms with van der Waals surface area (Å²) >= 11 is 1.16. The fraction of sp³-hybridized carbons (Fsp3) is 0.400. The Morgan fingerprint density at radius 3 is 2.44 bits per heavy atom. The maximum atomic E-state index is 13.4. The van der Waals surface area contributed by atoms with Crippen LogP contribution in [0.25, 0.3) is 22.8 Å². The summed E-state index contributed by atoms with van der Waals surface area (Å²) in [6.45, 7) is 7.09. The van der Waals surface area contributed by atoms with Crippen molar-refractivity contribution < 1.29 is 22.7 Å². The largest absolute Gasteiger partial charge is 0.480 e. The first kappa shape index (κ1) is 30.5. The number of imidazole rings is 1. The fourth-order valence-corrected chi connectivity index (χ4v) is 5.27. The molecule has 3 heterocycles. The number of benzene rings is 1. The highest BCUT2D eigenvalue weighted by Gasteiger charge is 2.35. The molecule has 3 aromatic heterocycles. The molecule has 5 rings (SSSR count). The molecular formula is C30H32F3N7O2S. The van der Waals surface area contributed by atoms with Gasteiger partial charge in [-0.25, -0.2) is 24.9 Å². The quantitative estimate of drug-likeness (QED) is 0.199. The van der Waals surface area contributed by atoms with E-state index >= 15 is 0 Å². The van der Waals surface area contributed by atoms with Gasteiger partial charge in [0.25, 0.3) is 0 Å². The first-order valence-corrected chi connectivity index (χ1v) is 14.9. The summed E-state index contributed by atoms with van der Waals surface area (Å²) in [5.41, 5.74) is 2.78. The van der Waals surface area contributed by atoms with E-state index in [-0.39, 0.29) is 23.0 Å². The average Bonchev–Trinajstić information content (AvgIpc) is 3.71. The molecule has 226 valence electrons.